The van der Waals surface area contributed by atoms with E-state index in [9.17, 15) is 0 Å². The Hall–Kier alpha value is -1.49. The van der Waals surface area contributed by atoms with Crippen LogP contribution < -0.4 is 15.4 Å². The van der Waals surface area contributed by atoms with Gasteiger partial charge in [0.2, 0.25) is 5.88 Å². The molecule has 1 rings (SSSR count). The number of nitrogens with two attached hydrogens (primary N) is 1. The molecule has 1 aromatic rings. The van der Waals surface area contributed by atoms with Crippen molar-refractivity contribution in [2.24, 2.45) is 0 Å². The van der Waals surface area contributed by atoms with Crippen molar-refractivity contribution in [3.63, 3.8) is 0 Å². The number of anilines is 2. The maximum atomic E-state index is 5.77. The number of aromatic nitrogens is 1. The summed E-state index contributed by atoms with van der Waals surface area (Å²) in [7, 11) is 1.97. The van der Waals surface area contributed by atoms with Gasteiger partial charge in [0, 0.05) is 20.2 Å². The summed E-state index contributed by atoms with van der Waals surface area (Å²) < 4.78 is 10.7. The molecule has 0 spiro atoms. The molecule has 5 heteroatoms. The number of ether oxygens (including phenoxy) is 2. The largest absolute Gasteiger partial charge is 0.476 e. The summed E-state index contributed by atoms with van der Waals surface area (Å²) in [6.07, 6.45) is 0. The molecule has 0 saturated heterocycles. The van der Waals surface area contributed by atoms with Crippen LogP contribution in [0.5, 0.6) is 5.88 Å². The van der Waals surface area contributed by atoms with Gasteiger partial charge in [-0.05, 0) is 26.0 Å². The maximum absolute atomic E-state index is 5.77. The molecular weight excluding hydrogens is 218 g/mol. The third-order valence-corrected chi connectivity index (χ3v) is 2.32. The molecule has 0 radical (unpaired) electrons. The van der Waals surface area contributed by atoms with Crippen molar-refractivity contribution >= 4 is 11.5 Å². The van der Waals surface area contributed by atoms with Crippen LogP contribution in [0.25, 0.3) is 0 Å². The third-order valence-electron chi connectivity index (χ3n) is 2.32. The zero-order chi connectivity index (χ0) is 12.7. The Labute approximate surface area is 103 Å². The van der Waals surface area contributed by atoms with Crippen LogP contribution in [0.4, 0.5) is 11.5 Å². The molecule has 0 aliphatic rings. The zero-order valence-electron chi connectivity index (χ0n) is 10.8. The van der Waals surface area contributed by atoms with Crippen LogP contribution in [0, 0.1) is 0 Å². The Kier molecular flexibility index (Phi) is 5.56. The molecule has 0 amide bonds. The highest BCUT2D eigenvalue weighted by molar-refractivity contribution is 5.54. The maximum Gasteiger partial charge on any atom is 0.239 e. The lowest BCUT2D eigenvalue weighted by Gasteiger charge is -2.19. The van der Waals surface area contributed by atoms with Crippen molar-refractivity contribution in [2.45, 2.75) is 13.8 Å². The molecule has 0 unspecified atom stereocenters. The van der Waals surface area contributed by atoms with Gasteiger partial charge in [0.15, 0.2) is 0 Å². The van der Waals surface area contributed by atoms with Crippen molar-refractivity contribution in [3.05, 3.63) is 12.1 Å². The summed E-state index contributed by atoms with van der Waals surface area (Å²) in [5.74, 6) is 1.33. The summed E-state index contributed by atoms with van der Waals surface area (Å²) in [5, 5.41) is 0. The van der Waals surface area contributed by atoms with Crippen molar-refractivity contribution in [1.82, 2.24) is 4.98 Å². The molecule has 0 aliphatic carbocycles. The van der Waals surface area contributed by atoms with Gasteiger partial charge in [-0.25, -0.2) is 0 Å². The van der Waals surface area contributed by atoms with E-state index < -0.39 is 0 Å². The predicted molar refractivity (Wildman–Crippen MR) is 69.6 cm³/mol. The monoisotopic (exact) mass is 239 g/mol. The Morgan fingerprint density at radius 2 is 2.06 bits per heavy atom. The lowest BCUT2D eigenvalue weighted by Crippen LogP contribution is -2.23. The van der Waals surface area contributed by atoms with Crippen LogP contribution in [0.1, 0.15) is 13.8 Å². The SMILES string of the molecule is CCOCCN(C)c1ccc(N)c(OCC)n1. The standard InChI is InChI=1S/C12H21N3O2/c1-4-16-9-8-15(3)11-7-6-10(13)12(14-11)17-5-2/h6-7H,4-5,8-9,13H2,1-3H3. The van der Waals surface area contributed by atoms with E-state index in [0.29, 0.717) is 24.8 Å². The van der Waals surface area contributed by atoms with E-state index in [1.54, 1.807) is 0 Å². The number of nitrogens with zero attached hydrogens (tertiary/aromatic N) is 2. The topological polar surface area (TPSA) is 60.6 Å². The molecule has 1 aromatic heterocycles. The van der Waals surface area contributed by atoms with Crippen molar-refractivity contribution in [3.8, 4) is 5.88 Å². The second kappa shape index (κ2) is 6.96. The Bertz CT molecular complexity index is 345. The number of pyridine rings is 1. The van der Waals surface area contributed by atoms with E-state index >= 15 is 0 Å². The van der Waals surface area contributed by atoms with Crippen LogP contribution in [-0.4, -0.2) is 38.4 Å². The number of hydrogen-bond donors (Lipinski definition) is 1. The highest BCUT2D eigenvalue weighted by Gasteiger charge is 2.07. The van der Waals surface area contributed by atoms with Gasteiger partial charge in [-0.3, -0.25) is 0 Å². The molecule has 0 bridgehead atoms. The lowest BCUT2D eigenvalue weighted by atomic mass is 10.4. The van der Waals surface area contributed by atoms with Crippen molar-refractivity contribution < 1.29 is 9.47 Å². The van der Waals surface area contributed by atoms with Gasteiger partial charge in [0.05, 0.1) is 18.9 Å². The van der Waals surface area contributed by atoms with E-state index in [1.807, 2.05) is 37.9 Å². The van der Waals surface area contributed by atoms with Crippen LogP contribution >= 0.6 is 0 Å². The fraction of sp³-hybridized carbons (Fsp3) is 0.583. The molecule has 0 aromatic carbocycles. The Balaban J connectivity index is 2.66. The molecule has 2 N–H and O–H groups in total. The first-order valence-electron chi connectivity index (χ1n) is 5.87. The summed E-state index contributed by atoms with van der Waals surface area (Å²) in [4.78, 5) is 6.38. The second-order valence-electron chi connectivity index (χ2n) is 3.62. The molecule has 96 valence electrons. The van der Waals surface area contributed by atoms with Crippen LogP contribution in [0.15, 0.2) is 12.1 Å². The summed E-state index contributed by atoms with van der Waals surface area (Å²) in [6, 6.07) is 3.69. The minimum atomic E-state index is 0.494. The Morgan fingerprint density at radius 1 is 1.29 bits per heavy atom. The van der Waals surface area contributed by atoms with Crippen molar-refractivity contribution in [2.75, 3.05) is 44.0 Å². The molecule has 0 aliphatic heterocycles. The third kappa shape index (κ3) is 4.11. The fourth-order valence-corrected chi connectivity index (χ4v) is 1.37. The quantitative estimate of drug-likeness (QED) is 0.731. The average Bonchev–Trinajstić information content (AvgIpc) is 2.32. The molecule has 17 heavy (non-hydrogen) atoms. The summed E-state index contributed by atoms with van der Waals surface area (Å²) >= 11 is 0. The lowest BCUT2D eigenvalue weighted by molar-refractivity contribution is 0.154. The average molecular weight is 239 g/mol. The van der Waals surface area contributed by atoms with Gasteiger partial charge in [0.1, 0.15) is 5.82 Å². The number of likely N-dealkylation sites (N-methyl/N-ethyl adjacent to an activating group) is 1. The minimum absolute atomic E-state index is 0.494. The summed E-state index contributed by atoms with van der Waals surface area (Å²) in [5.41, 5.74) is 6.33. The minimum Gasteiger partial charge on any atom is -0.476 e. The van der Waals surface area contributed by atoms with Gasteiger partial charge >= 0.3 is 0 Å². The highest BCUT2D eigenvalue weighted by Crippen LogP contribution is 2.22. The number of hydrogen-bond acceptors (Lipinski definition) is 5. The first kappa shape index (κ1) is 13.6. The molecule has 1 heterocycles. The van der Waals surface area contributed by atoms with Gasteiger partial charge in [-0.2, -0.15) is 4.98 Å². The van der Waals surface area contributed by atoms with Crippen molar-refractivity contribution in [1.29, 1.82) is 0 Å². The molecule has 5 nitrogen and oxygen atoms in total. The molecular formula is C12H21N3O2. The number of rotatable bonds is 7. The van der Waals surface area contributed by atoms with Gasteiger partial charge < -0.3 is 20.1 Å². The van der Waals surface area contributed by atoms with Crippen LogP contribution in [-0.2, 0) is 4.74 Å². The zero-order valence-corrected chi connectivity index (χ0v) is 10.8. The first-order chi connectivity index (χ1) is 8.19. The molecule has 0 atom stereocenters. The van der Waals surface area contributed by atoms with Gasteiger partial charge in [-0.15, -0.1) is 0 Å². The molecule has 0 fully saturated rings. The van der Waals surface area contributed by atoms with E-state index in [0.717, 1.165) is 19.0 Å². The smallest absolute Gasteiger partial charge is 0.239 e. The van der Waals surface area contributed by atoms with Gasteiger partial charge in [0.25, 0.3) is 0 Å². The van der Waals surface area contributed by atoms with E-state index in [-0.39, 0.29) is 0 Å². The van der Waals surface area contributed by atoms with Gasteiger partial charge in [-0.1, -0.05) is 0 Å². The number of nitrogen functional groups attached to an aromatic ring is 1. The van der Waals surface area contributed by atoms with Crippen LogP contribution in [0.3, 0.4) is 0 Å². The van der Waals surface area contributed by atoms with E-state index in [1.165, 1.54) is 0 Å². The normalized spacial score (nSPS) is 10.3. The second-order valence-corrected chi connectivity index (χ2v) is 3.62. The fourth-order valence-electron chi connectivity index (χ4n) is 1.37. The highest BCUT2D eigenvalue weighted by atomic mass is 16.5. The predicted octanol–water partition coefficient (Wildman–Crippen LogP) is 1.54. The summed E-state index contributed by atoms with van der Waals surface area (Å²) in [6.45, 7) is 6.65. The molecule has 0 saturated carbocycles. The van der Waals surface area contributed by atoms with Crippen LogP contribution in [0.2, 0.25) is 0 Å². The Morgan fingerprint density at radius 3 is 2.71 bits per heavy atom. The first-order valence-corrected chi connectivity index (χ1v) is 5.87. The van der Waals surface area contributed by atoms with E-state index in [2.05, 4.69) is 4.98 Å². The van der Waals surface area contributed by atoms with E-state index in [4.69, 9.17) is 15.2 Å².